The van der Waals surface area contributed by atoms with E-state index in [0.717, 1.165) is 22.9 Å². The van der Waals surface area contributed by atoms with Crippen LogP contribution in [0.2, 0.25) is 0 Å². The molecule has 0 aliphatic carbocycles. The molecule has 84 valence electrons. The Bertz CT molecular complexity index is 499. The molecule has 0 saturated carbocycles. The van der Waals surface area contributed by atoms with Gasteiger partial charge in [0, 0.05) is 17.3 Å². The quantitative estimate of drug-likeness (QED) is 0.784. The average Bonchev–Trinajstić information content (AvgIpc) is 2.61. The van der Waals surface area contributed by atoms with Gasteiger partial charge in [0.1, 0.15) is 5.82 Å². The molecule has 4 nitrogen and oxygen atoms in total. The van der Waals surface area contributed by atoms with Gasteiger partial charge in [-0.1, -0.05) is 12.1 Å². The first-order valence-electron chi connectivity index (χ1n) is 5.37. The lowest BCUT2D eigenvalue weighted by Gasteiger charge is -2.13. The fourth-order valence-corrected chi connectivity index (χ4v) is 1.87. The Balaban J connectivity index is 2.61. The minimum absolute atomic E-state index is 0.324. The molecule has 0 spiro atoms. The fourth-order valence-electron chi connectivity index (χ4n) is 1.87. The first-order valence-corrected chi connectivity index (χ1v) is 5.37. The van der Waals surface area contributed by atoms with Gasteiger partial charge >= 0.3 is 0 Å². The number of aryl methyl sites for hydroxylation is 1. The standard InChI is InChI=1S/C12H16N4/c1-8(2)16-9(3)14-15-12(16)10-6-4-5-7-11(10)13/h4-8H,13H2,1-3H3. The smallest absolute Gasteiger partial charge is 0.166 e. The highest BCUT2D eigenvalue weighted by Crippen LogP contribution is 2.26. The maximum atomic E-state index is 5.95. The summed E-state index contributed by atoms with van der Waals surface area (Å²) in [6.07, 6.45) is 0. The van der Waals surface area contributed by atoms with Crippen molar-refractivity contribution in [3.63, 3.8) is 0 Å². The number of hydrogen-bond donors (Lipinski definition) is 1. The fraction of sp³-hybridized carbons (Fsp3) is 0.333. The van der Waals surface area contributed by atoms with Crippen molar-refractivity contribution < 1.29 is 0 Å². The molecule has 0 amide bonds. The van der Waals surface area contributed by atoms with Crippen molar-refractivity contribution in [3.8, 4) is 11.4 Å². The largest absolute Gasteiger partial charge is 0.398 e. The normalized spacial score (nSPS) is 11.0. The van der Waals surface area contributed by atoms with Gasteiger partial charge in [0.25, 0.3) is 0 Å². The van der Waals surface area contributed by atoms with E-state index in [4.69, 9.17) is 5.73 Å². The van der Waals surface area contributed by atoms with E-state index in [1.807, 2.05) is 31.2 Å². The van der Waals surface area contributed by atoms with Gasteiger partial charge in [0.05, 0.1) is 0 Å². The van der Waals surface area contributed by atoms with Crippen LogP contribution in [0.25, 0.3) is 11.4 Å². The first-order chi connectivity index (χ1) is 7.61. The SMILES string of the molecule is Cc1nnc(-c2ccccc2N)n1C(C)C. The molecule has 0 bridgehead atoms. The van der Waals surface area contributed by atoms with Gasteiger partial charge in [-0.15, -0.1) is 10.2 Å². The molecule has 0 aliphatic heterocycles. The van der Waals surface area contributed by atoms with Gasteiger partial charge < -0.3 is 10.3 Å². The summed E-state index contributed by atoms with van der Waals surface area (Å²) >= 11 is 0. The Morgan fingerprint density at radius 3 is 2.50 bits per heavy atom. The summed E-state index contributed by atoms with van der Waals surface area (Å²) in [5.41, 5.74) is 7.62. The minimum atomic E-state index is 0.324. The molecule has 2 rings (SSSR count). The summed E-state index contributed by atoms with van der Waals surface area (Å²) < 4.78 is 2.09. The molecule has 1 heterocycles. The molecule has 1 aromatic carbocycles. The van der Waals surface area contributed by atoms with E-state index < -0.39 is 0 Å². The number of nitrogens with zero attached hydrogens (tertiary/aromatic N) is 3. The van der Waals surface area contributed by atoms with Crippen molar-refractivity contribution in [1.29, 1.82) is 0 Å². The van der Waals surface area contributed by atoms with Crippen LogP contribution in [0.5, 0.6) is 0 Å². The number of hydrogen-bond acceptors (Lipinski definition) is 3. The number of benzene rings is 1. The van der Waals surface area contributed by atoms with Gasteiger partial charge in [0.2, 0.25) is 0 Å². The monoisotopic (exact) mass is 216 g/mol. The summed E-state index contributed by atoms with van der Waals surface area (Å²) in [6, 6.07) is 8.05. The summed E-state index contributed by atoms with van der Waals surface area (Å²) in [4.78, 5) is 0. The molecule has 16 heavy (non-hydrogen) atoms. The zero-order valence-corrected chi connectivity index (χ0v) is 9.81. The van der Waals surface area contributed by atoms with E-state index in [9.17, 15) is 0 Å². The van der Waals surface area contributed by atoms with Crippen molar-refractivity contribution in [1.82, 2.24) is 14.8 Å². The van der Waals surface area contributed by atoms with Crippen LogP contribution in [-0.2, 0) is 0 Å². The predicted molar refractivity (Wildman–Crippen MR) is 65.0 cm³/mol. The maximum Gasteiger partial charge on any atom is 0.166 e. The van der Waals surface area contributed by atoms with Crippen molar-refractivity contribution >= 4 is 5.69 Å². The zero-order chi connectivity index (χ0) is 11.7. The molecule has 0 aliphatic rings. The maximum absolute atomic E-state index is 5.95. The number of nitrogen functional groups attached to an aromatic ring is 1. The van der Waals surface area contributed by atoms with Gasteiger partial charge in [-0.2, -0.15) is 0 Å². The summed E-state index contributed by atoms with van der Waals surface area (Å²) in [5, 5.41) is 8.31. The third-order valence-electron chi connectivity index (χ3n) is 2.58. The number of nitrogens with two attached hydrogens (primary N) is 1. The summed E-state index contributed by atoms with van der Waals surface area (Å²) in [6.45, 7) is 6.17. The molecule has 4 heteroatoms. The Morgan fingerprint density at radius 2 is 1.88 bits per heavy atom. The Hall–Kier alpha value is -1.84. The highest BCUT2D eigenvalue weighted by molar-refractivity contribution is 5.71. The third-order valence-corrected chi connectivity index (χ3v) is 2.58. The molecule has 0 fully saturated rings. The van der Waals surface area contributed by atoms with Crippen molar-refractivity contribution in [2.75, 3.05) is 5.73 Å². The second-order valence-corrected chi connectivity index (χ2v) is 4.12. The van der Waals surface area contributed by atoms with Gasteiger partial charge in [-0.3, -0.25) is 0 Å². The summed E-state index contributed by atoms with van der Waals surface area (Å²) in [7, 11) is 0. The third kappa shape index (κ3) is 1.66. The summed E-state index contributed by atoms with van der Waals surface area (Å²) in [5.74, 6) is 1.75. The molecule has 2 aromatic rings. The Morgan fingerprint density at radius 1 is 1.19 bits per heavy atom. The van der Waals surface area contributed by atoms with Crippen molar-refractivity contribution in [2.24, 2.45) is 0 Å². The predicted octanol–water partition coefficient (Wildman–Crippen LogP) is 2.42. The van der Waals surface area contributed by atoms with E-state index in [0.29, 0.717) is 6.04 Å². The highest BCUT2D eigenvalue weighted by Gasteiger charge is 2.14. The van der Waals surface area contributed by atoms with Crippen LogP contribution in [0.1, 0.15) is 25.7 Å². The second kappa shape index (κ2) is 3.96. The molecule has 0 atom stereocenters. The number of para-hydroxylation sites is 1. The number of aromatic nitrogens is 3. The molecule has 2 N–H and O–H groups in total. The Labute approximate surface area is 95.1 Å². The van der Waals surface area contributed by atoms with Gasteiger partial charge in [-0.25, -0.2) is 0 Å². The zero-order valence-electron chi connectivity index (χ0n) is 9.81. The molecular formula is C12H16N4. The lowest BCUT2D eigenvalue weighted by atomic mass is 10.1. The molecule has 0 saturated heterocycles. The first kappa shape index (κ1) is 10.7. The van der Waals surface area contributed by atoms with Crippen LogP contribution in [-0.4, -0.2) is 14.8 Å². The van der Waals surface area contributed by atoms with Crippen LogP contribution in [0.3, 0.4) is 0 Å². The highest BCUT2D eigenvalue weighted by atomic mass is 15.3. The van der Waals surface area contributed by atoms with Crippen LogP contribution >= 0.6 is 0 Å². The lowest BCUT2D eigenvalue weighted by Crippen LogP contribution is -2.06. The van der Waals surface area contributed by atoms with Crippen molar-refractivity contribution in [3.05, 3.63) is 30.1 Å². The lowest BCUT2D eigenvalue weighted by molar-refractivity contribution is 0.588. The molecule has 1 aromatic heterocycles. The molecule has 0 radical (unpaired) electrons. The number of anilines is 1. The number of rotatable bonds is 2. The molecule has 0 unspecified atom stereocenters. The van der Waals surface area contributed by atoms with E-state index in [1.165, 1.54) is 0 Å². The topological polar surface area (TPSA) is 56.7 Å². The Kier molecular flexibility index (Phi) is 2.64. The minimum Gasteiger partial charge on any atom is -0.398 e. The van der Waals surface area contributed by atoms with Gasteiger partial charge in [0.15, 0.2) is 5.82 Å². The molecular weight excluding hydrogens is 200 g/mol. The van der Waals surface area contributed by atoms with Crippen molar-refractivity contribution in [2.45, 2.75) is 26.8 Å². The van der Waals surface area contributed by atoms with Crippen LogP contribution in [0.4, 0.5) is 5.69 Å². The van der Waals surface area contributed by atoms with E-state index in [2.05, 4.69) is 28.6 Å². The van der Waals surface area contributed by atoms with Crippen LogP contribution in [0, 0.1) is 6.92 Å². The van der Waals surface area contributed by atoms with Crippen LogP contribution in [0.15, 0.2) is 24.3 Å². The second-order valence-electron chi connectivity index (χ2n) is 4.12. The van der Waals surface area contributed by atoms with E-state index in [-0.39, 0.29) is 0 Å². The van der Waals surface area contributed by atoms with E-state index in [1.54, 1.807) is 0 Å². The van der Waals surface area contributed by atoms with Gasteiger partial charge in [-0.05, 0) is 32.9 Å². The van der Waals surface area contributed by atoms with Crippen LogP contribution < -0.4 is 5.73 Å². The van der Waals surface area contributed by atoms with E-state index >= 15 is 0 Å². The average molecular weight is 216 g/mol.